The fourth-order valence-corrected chi connectivity index (χ4v) is 1.64. The highest BCUT2D eigenvalue weighted by Crippen LogP contribution is 2.15. The molecule has 0 unspecified atom stereocenters. The molecule has 0 saturated heterocycles. The van der Waals surface area contributed by atoms with Crippen LogP contribution in [0.5, 0.6) is 0 Å². The van der Waals surface area contributed by atoms with Gasteiger partial charge in [-0.2, -0.15) is 4.39 Å². The van der Waals surface area contributed by atoms with Gasteiger partial charge in [0.1, 0.15) is 0 Å². The van der Waals surface area contributed by atoms with E-state index < -0.39 is 5.95 Å². The van der Waals surface area contributed by atoms with Crippen LogP contribution in [0.15, 0.2) is 12.3 Å². The Bertz CT molecular complexity index is 273. The van der Waals surface area contributed by atoms with E-state index in [0.29, 0.717) is 5.92 Å². The molecule has 0 atom stereocenters. The first-order chi connectivity index (χ1) is 5.59. The van der Waals surface area contributed by atoms with Crippen LogP contribution in [0.1, 0.15) is 19.4 Å². The molecular formula is C9H11FIN. The van der Waals surface area contributed by atoms with Gasteiger partial charge in [-0.25, -0.2) is 4.98 Å². The summed E-state index contributed by atoms with van der Waals surface area (Å²) in [5, 5.41) is 0. The third-order valence-corrected chi connectivity index (χ3v) is 2.53. The number of hydrogen-bond acceptors (Lipinski definition) is 1. The fraction of sp³-hybridized carbons (Fsp3) is 0.444. The molecule has 0 spiro atoms. The van der Waals surface area contributed by atoms with Gasteiger partial charge in [0.15, 0.2) is 0 Å². The topological polar surface area (TPSA) is 12.9 Å². The molecular weight excluding hydrogens is 268 g/mol. The second-order valence-electron chi connectivity index (χ2n) is 3.20. The first kappa shape index (κ1) is 9.89. The van der Waals surface area contributed by atoms with Gasteiger partial charge in [0.25, 0.3) is 0 Å². The molecule has 3 heteroatoms. The molecule has 1 aromatic rings. The molecule has 1 heterocycles. The van der Waals surface area contributed by atoms with Gasteiger partial charge in [0.2, 0.25) is 5.95 Å². The molecule has 1 aromatic heterocycles. The van der Waals surface area contributed by atoms with Crippen molar-refractivity contribution in [2.75, 3.05) is 0 Å². The van der Waals surface area contributed by atoms with Crippen LogP contribution >= 0.6 is 22.6 Å². The smallest absolute Gasteiger partial charge is 0.213 e. The summed E-state index contributed by atoms with van der Waals surface area (Å²) in [6.45, 7) is 4.28. The van der Waals surface area contributed by atoms with Crippen LogP contribution in [0.3, 0.4) is 0 Å². The Kier molecular flexibility index (Phi) is 3.43. The number of aromatic nitrogens is 1. The maximum atomic E-state index is 12.6. The Labute approximate surface area is 85.5 Å². The summed E-state index contributed by atoms with van der Waals surface area (Å²) in [6.07, 6.45) is 2.59. The first-order valence-corrected chi connectivity index (χ1v) is 4.97. The van der Waals surface area contributed by atoms with Crippen molar-refractivity contribution in [1.29, 1.82) is 0 Å². The van der Waals surface area contributed by atoms with Gasteiger partial charge in [0, 0.05) is 15.8 Å². The predicted octanol–water partition coefficient (Wildman–Crippen LogP) is 3.02. The number of rotatable bonds is 2. The molecule has 66 valence electrons. The molecule has 0 aromatic carbocycles. The molecule has 0 aliphatic rings. The van der Waals surface area contributed by atoms with Crippen molar-refractivity contribution in [2.45, 2.75) is 20.3 Å². The van der Waals surface area contributed by atoms with Gasteiger partial charge >= 0.3 is 0 Å². The summed E-state index contributed by atoms with van der Waals surface area (Å²) in [5.74, 6) is 0.192. The molecule has 1 nitrogen and oxygen atoms in total. The molecule has 0 amide bonds. The van der Waals surface area contributed by atoms with Crippen molar-refractivity contribution in [3.8, 4) is 0 Å². The average Bonchev–Trinajstić information content (AvgIpc) is 1.94. The van der Waals surface area contributed by atoms with Crippen LogP contribution < -0.4 is 0 Å². The van der Waals surface area contributed by atoms with Crippen LogP contribution in [0.2, 0.25) is 0 Å². The van der Waals surface area contributed by atoms with Crippen molar-refractivity contribution in [2.24, 2.45) is 5.92 Å². The Morgan fingerprint density at radius 3 is 2.75 bits per heavy atom. The van der Waals surface area contributed by atoms with Gasteiger partial charge < -0.3 is 0 Å². The van der Waals surface area contributed by atoms with Crippen LogP contribution in [0.4, 0.5) is 4.39 Å². The van der Waals surface area contributed by atoms with E-state index in [-0.39, 0.29) is 0 Å². The van der Waals surface area contributed by atoms with Crippen LogP contribution in [0, 0.1) is 15.4 Å². The SMILES string of the molecule is CC(C)Cc1cnc(F)cc1I. The highest BCUT2D eigenvalue weighted by atomic mass is 127. The number of halogens is 2. The summed E-state index contributed by atoms with van der Waals surface area (Å²) >= 11 is 2.14. The Morgan fingerprint density at radius 1 is 1.58 bits per heavy atom. The normalized spacial score (nSPS) is 10.8. The third kappa shape index (κ3) is 2.69. The predicted molar refractivity (Wildman–Crippen MR) is 55.5 cm³/mol. The standard InChI is InChI=1S/C9H11FIN/c1-6(2)3-7-5-12-9(10)4-8(7)11/h4-6H,3H2,1-2H3. The Morgan fingerprint density at radius 2 is 2.25 bits per heavy atom. The maximum Gasteiger partial charge on any atom is 0.213 e. The first-order valence-electron chi connectivity index (χ1n) is 3.89. The van der Waals surface area contributed by atoms with Gasteiger partial charge in [-0.1, -0.05) is 13.8 Å². The van der Waals surface area contributed by atoms with Crippen molar-refractivity contribution in [3.05, 3.63) is 27.3 Å². The number of hydrogen-bond donors (Lipinski definition) is 0. The second kappa shape index (κ2) is 4.16. The van der Waals surface area contributed by atoms with E-state index in [1.54, 1.807) is 6.20 Å². The Balaban J connectivity index is 2.86. The minimum Gasteiger partial charge on any atom is -0.228 e. The minimum atomic E-state index is -0.396. The van der Waals surface area contributed by atoms with E-state index in [2.05, 4.69) is 41.4 Å². The highest BCUT2D eigenvalue weighted by Gasteiger charge is 2.04. The fourth-order valence-electron chi connectivity index (χ4n) is 1.03. The minimum absolute atomic E-state index is 0.396. The van der Waals surface area contributed by atoms with Crippen molar-refractivity contribution < 1.29 is 4.39 Å². The van der Waals surface area contributed by atoms with Crippen molar-refractivity contribution >= 4 is 22.6 Å². The molecule has 0 bridgehead atoms. The molecule has 0 aliphatic heterocycles. The lowest BCUT2D eigenvalue weighted by atomic mass is 10.1. The second-order valence-corrected chi connectivity index (χ2v) is 4.36. The van der Waals surface area contributed by atoms with Crippen LogP contribution in [0.25, 0.3) is 0 Å². The zero-order valence-electron chi connectivity index (χ0n) is 7.14. The molecule has 12 heavy (non-hydrogen) atoms. The average molecular weight is 279 g/mol. The zero-order valence-corrected chi connectivity index (χ0v) is 9.30. The quantitative estimate of drug-likeness (QED) is 0.599. The van der Waals surface area contributed by atoms with E-state index in [1.165, 1.54) is 6.07 Å². The lowest BCUT2D eigenvalue weighted by molar-refractivity contribution is 0.576. The van der Waals surface area contributed by atoms with E-state index in [1.807, 2.05) is 0 Å². The van der Waals surface area contributed by atoms with Gasteiger partial charge in [0.05, 0.1) is 0 Å². The molecule has 0 radical (unpaired) electrons. The lowest BCUT2D eigenvalue weighted by Crippen LogP contribution is -1.98. The molecule has 0 fully saturated rings. The Hall–Kier alpha value is -0.190. The van der Waals surface area contributed by atoms with E-state index in [0.717, 1.165) is 15.6 Å². The summed E-state index contributed by atoms with van der Waals surface area (Å²) in [5.41, 5.74) is 1.13. The number of pyridine rings is 1. The van der Waals surface area contributed by atoms with E-state index in [4.69, 9.17) is 0 Å². The largest absolute Gasteiger partial charge is 0.228 e. The lowest BCUT2D eigenvalue weighted by Gasteiger charge is -2.05. The molecule has 0 N–H and O–H groups in total. The van der Waals surface area contributed by atoms with Crippen LogP contribution in [-0.4, -0.2) is 4.98 Å². The summed E-state index contributed by atoms with van der Waals surface area (Å²) < 4.78 is 13.5. The zero-order chi connectivity index (χ0) is 9.14. The third-order valence-electron chi connectivity index (χ3n) is 1.52. The summed E-state index contributed by atoms with van der Waals surface area (Å²) in [6, 6.07) is 1.47. The van der Waals surface area contributed by atoms with Gasteiger partial charge in [-0.05, 0) is 40.5 Å². The summed E-state index contributed by atoms with van der Waals surface area (Å²) in [7, 11) is 0. The van der Waals surface area contributed by atoms with Crippen molar-refractivity contribution in [3.63, 3.8) is 0 Å². The molecule has 0 saturated carbocycles. The molecule has 0 aliphatic carbocycles. The highest BCUT2D eigenvalue weighted by molar-refractivity contribution is 14.1. The number of nitrogens with zero attached hydrogens (tertiary/aromatic N) is 1. The molecule has 1 rings (SSSR count). The van der Waals surface area contributed by atoms with Gasteiger partial charge in [-0.15, -0.1) is 0 Å². The summed E-state index contributed by atoms with van der Waals surface area (Å²) in [4.78, 5) is 3.62. The van der Waals surface area contributed by atoms with E-state index >= 15 is 0 Å². The monoisotopic (exact) mass is 279 g/mol. The van der Waals surface area contributed by atoms with E-state index in [9.17, 15) is 4.39 Å². The van der Waals surface area contributed by atoms with Crippen molar-refractivity contribution in [1.82, 2.24) is 4.98 Å². The van der Waals surface area contributed by atoms with Crippen LogP contribution in [-0.2, 0) is 6.42 Å². The van der Waals surface area contributed by atoms with Gasteiger partial charge in [-0.3, -0.25) is 0 Å². The maximum absolute atomic E-state index is 12.6.